The van der Waals surface area contributed by atoms with Crippen LogP contribution in [0.25, 0.3) is 0 Å². The molecule has 6 nitrogen and oxygen atoms in total. The van der Waals surface area contributed by atoms with E-state index in [0.29, 0.717) is 6.54 Å². The van der Waals surface area contributed by atoms with Gasteiger partial charge in [-0.15, -0.1) is 0 Å². The van der Waals surface area contributed by atoms with E-state index < -0.39 is 11.9 Å². The minimum Gasteiger partial charge on any atom is -0.481 e. The summed E-state index contributed by atoms with van der Waals surface area (Å²) < 4.78 is 0. The standard InChI is InChI=1S/C6H13NO2.C3H7NO2/c7-5-3-1-2-4-6(8)9;4-2-1-3(5)6/h1-5,7H2,(H,8,9);1-2,4H2,(H,5,6). The molecule has 0 saturated heterocycles. The molecular weight excluding hydrogens is 200 g/mol. The number of carbonyl (C=O) groups is 2. The second-order valence-electron chi connectivity index (χ2n) is 2.93. The summed E-state index contributed by atoms with van der Waals surface area (Å²) >= 11 is 0. The van der Waals surface area contributed by atoms with Gasteiger partial charge < -0.3 is 21.7 Å². The van der Waals surface area contributed by atoms with Crippen LogP contribution in [0.5, 0.6) is 0 Å². The maximum absolute atomic E-state index is 9.93. The Morgan fingerprint density at radius 2 is 1.33 bits per heavy atom. The van der Waals surface area contributed by atoms with Gasteiger partial charge in [0.15, 0.2) is 0 Å². The van der Waals surface area contributed by atoms with Crippen LogP contribution in [-0.4, -0.2) is 35.2 Å². The highest BCUT2D eigenvalue weighted by molar-refractivity contribution is 5.66. The summed E-state index contributed by atoms with van der Waals surface area (Å²) in [4.78, 5) is 19.5. The van der Waals surface area contributed by atoms with Gasteiger partial charge >= 0.3 is 11.9 Å². The molecule has 0 aromatic rings. The zero-order chi connectivity index (χ0) is 12.1. The molecule has 0 aliphatic carbocycles. The largest absolute Gasteiger partial charge is 0.481 e. The number of nitrogens with two attached hydrogens (primary N) is 2. The van der Waals surface area contributed by atoms with Crippen LogP contribution in [0.4, 0.5) is 0 Å². The third-order valence-corrected chi connectivity index (χ3v) is 1.45. The van der Waals surface area contributed by atoms with Crippen molar-refractivity contribution in [3.63, 3.8) is 0 Å². The third-order valence-electron chi connectivity index (χ3n) is 1.45. The van der Waals surface area contributed by atoms with Crippen LogP contribution in [0.1, 0.15) is 32.1 Å². The Hall–Kier alpha value is -1.14. The van der Waals surface area contributed by atoms with Gasteiger partial charge in [0.2, 0.25) is 0 Å². The van der Waals surface area contributed by atoms with Crippen LogP contribution in [0.2, 0.25) is 0 Å². The molecule has 0 radical (unpaired) electrons. The molecule has 0 heterocycles. The van der Waals surface area contributed by atoms with Crippen LogP contribution in [0.15, 0.2) is 0 Å². The summed E-state index contributed by atoms with van der Waals surface area (Å²) in [6.07, 6.45) is 2.97. The van der Waals surface area contributed by atoms with Gasteiger partial charge in [-0.05, 0) is 19.4 Å². The Balaban J connectivity index is 0. The van der Waals surface area contributed by atoms with E-state index in [9.17, 15) is 9.59 Å². The second-order valence-corrected chi connectivity index (χ2v) is 2.93. The highest BCUT2D eigenvalue weighted by Gasteiger charge is 1.94. The van der Waals surface area contributed by atoms with Gasteiger partial charge in [0.25, 0.3) is 0 Å². The number of unbranched alkanes of at least 4 members (excludes halogenated alkanes) is 2. The Bertz CT molecular complexity index is 173. The summed E-state index contributed by atoms with van der Waals surface area (Å²) in [5, 5.41) is 16.0. The second kappa shape index (κ2) is 12.9. The van der Waals surface area contributed by atoms with E-state index >= 15 is 0 Å². The van der Waals surface area contributed by atoms with Crippen LogP contribution in [-0.2, 0) is 9.59 Å². The molecule has 15 heavy (non-hydrogen) atoms. The summed E-state index contributed by atoms with van der Waals surface area (Å²) in [6.45, 7) is 0.898. The van der Waals surface area contributed by atoms with Crippen LogP contribution < -0.4 is 11.5 Å². The average Bonchev–Trinajstić information content (AvgIpc) is 2.13. The minimum absolute atomic E-state index is 0.0694. The SMILES string of the molecule is NCCC(=O)O.NCCCCCC(=O)O. The number of carboxylic acids is 2. The normalized spacial score (nSPS) is 8.93. The Morgan fingerprint density at radius 1 is 0.800 bits per heavy atom. The first kappa shape index (κ1) is 16.3. The molecule has 0 spiro atoms. The zero-order valence-corrected chi connectivity index (χ0v) is 8.82. The lowest BCUT2D eigenvalue weighted by molar-refractivity contribution is -0.138. The number of rotatable bonds is 7. The van der Waals surface area contributed by atoms with E-state index in [0.717, 1.165) is 19.3 Å². The van der Waals surface area contributed by atoms with Crippen molar-refractivity contribution in [3.8, 4) is 0 Å². The summed E-state index contributed by atoms with van der Waals surface area (Å²) in [7, 11) is 0. The molecule has 0 atom stereocenters. The summed E-state index contributed by atoms with van der Waals surface area (Å²) in [6, 6.07) is 0. The molecule has 0 fully saturated rings. The molecule has 0 aromatic carbocycles. The van der Waals surface area contributed by atoms with Gasteiger partial charge in [-0.1, -0.05) is 6.42 Å². The summed E-state index contributed by atoms with van der Waals surface area (Å²) in [5.41, 5.74) is 10.0. The van der Waals surface area contributed by atoms with E-state index in [2.05, 4.69) is 0 Å². The van der Waals surface area contributed by atoms with E-state index in [1.165, 1.54) is 0 Å². The maximum Gasteiger partial charge on any atom is 0.304 e. The topological polar surface area (TPSA) is 127 Å². The molecule has 6 heteroatoms. The highest BCUT2D eigenvalue weighted by Crippen LogP contribution is 1.97. The average molecular weight is 220 g/mol. The van der Waals surface area contributed by atoms with Crippen molar-refractivity contribution in [2.45, 2.75) is 32.1 Å². The predicted molar refractivity (Wildman–Crippen MR) is 56.5 cm³/mol. The third kappa shape index (κ3) is 24.6. The van der Waals surface area contributed by atoms with Gasteiger partial charge in [0, 0.05) is 13.0 Å². The lowest BCUT2D eigenvalue weighted by atomic mass is 10.2. The molecule has 0 rings (SSSR count). The Labute approximate surface area is 89.3 Å². The fourth-order valence-corrected chi connectivity index (χ4v) is 0.721. The van der Waals surface area contributed by atoms with E-state index in [4.69, 9.17) is 21.7 Å². The maximum atomic E-state index is 9.93. The van der Waals surface area contributed by atoms with Crippen LogP contribution >= 0.6 is 0 Å². The quantitative estimate of drug-likeness (QED) is 0.447. The molecule has 0 amide bonds. The first-order valence-corrected chi connectivity index (χ1v) is 4.88. The minimum atomic E-state index is -0.836. The molecule has 0 saturated carbocycles. The van der Waals surface area contributed by atoms with Crippen molar-refractivity contribution in [2.75, 3.05) is 13.1 Å². The first-order valence-electron chi connectivity index (χ1n) is 4.88. The van der Waals surface area contributed by atoms with E-state index in [-0.39, 0.29) is 19.4 Å². The highest BCUT2D eigenvalue weighted by atomic mass is 16.4. The Morgan fingerprint density at radius 3 is 1.60 bits per heavy atom. The molecule has 0 unspecified atom stereocenters. The van der Waals surface area contributed by atoms with Crippen molar-refractivity contribution in [3.05, 3.63) is 0 Å². The van der Waals surface area contributed by atoms with E-state index in [1.807, 2.05) is 0 Å². The van der Waals surface area contributed by atoms with Crippen molar-refractivity contribution < 1.29 is 19.8 Å². The predicted octanol–water partition coefficient (Wildman–Crippen LogP) is 0.00990. The van der Waals surface area contributed by atoms with Crippen LogP contribution in [0.3, 0.4) is 0 Å². The lowest BCUT2D eigenvalue weighted by Gasteiger charge is -1.93. The Kier molecular flexibility index (Phi) is 14.0. The molecule has 0 bridgehead atoms. The first-order chi connectivity index (χ1) is 7.04. The molecular formula is C9H20N2O4. The molecule has 90 valence electrons. The van der Waals surface area contributed by atoms with Crippen LogP contribution in [0, 0.1) is 0 Å². The van der Waals surface area contributed by atoms with Gasteiger partial charge in [-0.2, -0.15) is 0 Å². The molecule has 6 N–H and O–H groups in total. The van der Waals surface area contributed by atoms with Gasteiger partial charge in [0.1, 0.15) is 0 Å². The van der Waals surface area contributed by atoms with Crippen molar-refractivity contribution in [2.24, 2.45) is 11.5 Å². The number of hydrogen-bond donors (Lipinski definition) is 4. The number of carboxylic acid groups (broad SMARTS) is 2. The van der Waals surface area contributed by atoms with Gasteiger partial charge in [-0.3, -0.25) is 9.59 Å². The van der Waals surface area contributed by atoms with Crippen molar-refractivity contribution >= 4 is 11.9 Å². The van der Waals surface area contributed by atoms with Crippen molar-refractivity contribution in [1.29, 1.82) is 0 Å². The number of aliphatic carboxylic acids is 2. The smallest absolute Gasteiger partial charge is 0.304 e. The fraction of sp³-hybridized carbons (Fsp3) is 0.778. The van der Waals surface area contributed by atoms with Gasteiger partial charge in [-0.25, -0.2) is 0 Å². The zero-order valence-electron chi connectivity index (χ0n) is 8.82. The molecule has 0 aliphatic rings. The monoisotopic (exact) mass is 220 g/mol. The fourth-order valence-electron chi connectivity index (χ4n) is 0.721. The van der Waals surface area contributed by atoms with Gasteiger partial charge in [0.05, 0.1) is 6.42 Å². The van der Waals surface area contributed by atoms with Crippen molar-refractivity contribution in [1.82, 2.24) is 0 Å². The lowest BCUT2D eigenvalue weighted by Crippen LogP contribution is -2.05. The van der Waals surface area contributed by atoms with E-state index in [1.54, 1.807) is 0 Å². The molecule has 0 aliphatic heterocycles. The molecule has 0 aromatic heterocycles. The summed E-state index contributed by atoms with van der Waals surface area (Å²) in [5.74, 6) is -1.55. The number of hydrogen-bond acceptors (Lipinski definition) is 4.